The zero-order valence-electron chi connectivity index (χ0n) is 18.8. The Morgan fingerprint density at radius 3 is 2.69 bits per heavy atom. The molecule has 1 N–H and O–H groups in total. The predicted molar refractivity (Wildman–Crippen MR) is 132 cm³/mol. The SMILES string of the molecule is CC1=C(c2nc(-c3cccs3)no2)C(c2ccc(C)cc2)NC(=S)N1CCCOC(C)C. The van der Waals surface area contributed by atoms with E-state index in [4.69, 9.17) is 26.5 Å². The normalized spacial score (nSPS) is 16.7. The second-order valence-corrected chi connectivity index (χ2v) is 9.45. The Labute approximate surface area is 198 Å². The van der Waals surface area contributed by atoms with Crippen LogP contribution in [0.25, 0.3) is 16.3 Å². The van der Waals surface area contributed by atoms with E-state index in [0.717, 1.165) is 34.7 Å². The maximum Gasteiger partial charge on any atom is 0.258 e. The lowest BCUT2D eigenvalue weighted by Crippen LogP contribution is -2.46. The van der Waals surface area contributed by atoms with Crippen molar-refractivity contribution in [3.63, 3.8) is 0 Å². The van der Waals surface area contributed by atoms with Gasteiger partial charge in [0.05, 0.1) is 22.6 Å². The van der Waals surface area contributed by atoms with E-state index in [1.807, 2.05) is 31.4 Å². The highest BCUT2D eigenvalue weighted by molar-refractivity contribution is 7.80. The van der Waals surface area contributed by atoms with E-state index in [0.29, 0.717) is 23.4 Å². The molecule has 1 aliphatic rings. The zero-order chi connectivity index (χ0) is 22.7. The van der Waals surface area contributed by atoms with Crippen LogP contribution in [0.5, 0.6) is 0 Å². The van der Waals surface area contributed by atoms with Crippen LogP contribution in [0.1, 0.15) is 50.3 Å². The first-order valence-electron chi connectivity index (χ1n) is 10.8. The first-order chi connectivity index (χ1) is 15.4. The van der Waals surface area contributed by atoms with Gasteiger partial charge in [-0.3, -0.25) is 0 Å². The lowest BCUT2D eigenvalue weighted by Gasteiger charge is -2.37. The summed E-state index contributed by atoms with van der Waals surface area (Å²) in [6.45, 7) is 9.68. The molecule has 1 aromatic carbocycles. The van der Waals surface area contributed by atoms with Gasteiger partial charge >= 0.3 is 0 Å². The number of benzene rings is 1. The Kier molecular flexibility index (Phi) is 7.03. The molecule has 1 aliphatic heterocycles. The van der Waals surface area contributed by atoms with Gasteiger partial charge in [0.2, 0.25) is 5.82 Å². The van der Waals surface area contributed by atoms with Crippen molar-refractivity contribution in [1.29, 1.82) is 0 Å². The summed E-state index contributed by atoms with van der Waals surface area (Å²) in [7, 11) is 0. The number of allylic oxidation sites excluding steroid dienone is 1. The van der Waals surface area contributed by atoms with Crippen LogP contribution in [-0.2, 0) is 4.74 Å². The Morgan fingerprint density at radius 1 is 1.22 bits per heavy atom. The summed E-state index contributed by atoms with van der Waals surface area (Å²) < 4.78 is 11.5. The van der Waals surface area contributed by atoms with E-state index in [2.05, 4.69) is 53.5 Å². The number of aromatic nitrogens is 2. The quantitative estimate of drug-likeness (QED) is 0.342. The van der Waals surface area contributed by atoms with E-state index in [1.54, 1.807) is 11.3 Å². The smallest absolute Gasteiger partial charge is 0.258 e. The molecule has 0 bridgehead atoms. The second kappa shape index (κ2) is 9.94. The van der Waals surface area contributed by atoms with Gasteiger partial charge in [-0.2, -0.15) is 4.98 Å². The summed E-state index contributed by atoms with van der Waals surface area (Å²) in [5, 5.41) is 10.4. The van der Waals surface area contributed by atoms with Crippen molar-refractivity contribution in [3.8, 4) is 10.7 Å². The van der Waals surface area contributed by atoms with Crippen LogP contribution in [0.15, 0.2) is 52.0 Å². The number of rotatable bonds is 8. The van der Waals surface area contributed by atoms with Gasteiger partial charge in [-0.25, -0.2) is 0 Å². The lowest BCUT2D eigenvalue weighted by molar-refractivity contribution is 0.0749. The predicted octanol–water partition coefficient (Wildman–Crippen LogP) is 5.58. The molecule has 8 heteroatoms. The highest BCUT2D eigenvalue weighted by Gasteiger charge is 2.34. The van der Waals surface area contributed by atoms with Gasteiger partial charge in [0.25, 0.3) is 5.89 Å². The Bertz CT molecular complexity index is 1090. The number of nitrogens with one attached hydrogen (secondary N) is 1. The number of thiophene rings is 1. The van der Waals surface area contributed by atoms with E-state index in [1.165, 1.54) is 5.56 Å². The molecule has 0 amide bonds. The van der Waals surface area contributed by atoms with Crippen molar-refractivity contribution in [2.24, 2.45) is 0 Å². The molecule has 2 aromatic heterocycles. The van der Waals surface area contributed by atoms with E-state index in [-0.39, 0.29) is 12.1 Å². The average Bonchev–Trinajstić information content (AvgIpc) is 3.45. The number of nitrogens with zero attached hydrogens (tertiary/aromatic N) is 3. The topological polar surface area (TPSA) is 63.4 Å². The number of thiocarbonyl (C=S) groups is 1. The van der Waals surface area contributed by atoms with Gasteiger partial charge in [-0.1, -0.05) is 41.1 Å². The first-order valence-corrected chi connectivity index (χ1v) is 12.1. The highest BCUT2D eigenvalue weighted by atomic mass is 32.1. The molecular weight excluding hydrogens is 440 g/mol. The average molecular weight is 469 g/mol. The fourth-order valence-corrected chi connectivity index (χ4v) is 4.71. The number of hydrogen-bond acceptors (Lipinski definition) is 6. The Hall–Kier alpha value is -2.55. The van der Waals surface area contributed by atoms with Crippen LogP contribution in [0.4, 0.5) is 0 Å². The Morgan fingerprint density at radius 2 is 2.00 bits per heavy atom. The first kappa shape index (κ1) is 22.6. The van der Waals surface area contributed by atoms with Crippen LogP contribution < -0.4 is 5.32 Å². The maximum atomic E-state index is 5.77. The van der Waals surface area contributed by atoms with Crippen LogP contribution in [0.2, 0.25) is 0 Å². The minimum Gasteiger partial charge on any atom is -0.379 e. The standard InChI is InChI=1S/C24H28N4O2S2/c1-15(2)29-13-6-12-28-17(4)20(23-26-22(27-30-23)19-7-5-14-32-19)21(25-24(28)31)18-10-8-16(3)9-11-18/h5,7-11,14-15,21H,6,12-13H2,1-4H3,(H,25,31). The third kappa shape index (κ3) is 4.92. The molecule has 1 atom stereocenters. The van der Waals surface area contributed by atoms with E-state index < -0.39 is 0 Å². The molecule has 3 aromatic rings. The van der Waals surface area contributed by atoms with Crippen molar-refractivity contribution in [1.82, 2.24) is 20.4 Å². The number of ether oxygens (including phenoxy) is 1. The molecule has 4 rings (SSSR count). The van der Waals surface area contributed by atoms with Crippen molar-refractivity contribution in [3.05, 3.63) is 64.5 Å². The molecule has 0 saturated carbocycles. The molecule has 0 spiro atoms. The number of aryl methyl sites for hydroxylation is 1. The lowest BCUT2D eigenvalue weighted by atomic mass is 9.94. The summed E-state index contributed by atoms with van der Waals surface area (Å²) in [5.74, 6) is 1.11. The minimum absolute atomic E-state index is 0.164. The Balaban J connectivity index is 1.69. The summed E-state index contributed by atoms with van der Waals surface area (Å²) in [5.41, 5.74) is 4.28. The van der Waals surface area contributed by atoms with Gasteiger partial charge in [-0.15, -0.1) is 11.3 Å². The molecule has 0 saturated heterocycles. The summed E-state index contributed by atoms with van der Waals surface area (Å²) in [6.07, 6.45) is 1.08. The maximum absolute atomic E-state index is 5.77. The fourth-order valence-electron chi connectivity index (χ4n) is 3.72. The van der Waals surface area contributed by atoms with E-state index in [9.17, 15) is 0 Å². The largest absolute Gasteiger partial charge is 0.379 e. The number of hydrogen-bond donors (Lipinski definition) is 1. The van der Waals surface area contributed by atoms with Crippen molar-refractivity contribution in [2.45, 2.75) is 46.3 Å². The van der Waals surface area contributed by atoms with Gasteiger partial charge < -0.3 is 19.5 Å². The zero-order valence-corrected chi connectivity index (χ0v) is 20.4. The molecule has 3 heterocycles. The van der Waals surface area contributed by atoms with Crippen LogP contribution in [0.3, 0.4) is 0 Å². The van der Waals surface area contributed by atoms with Crippen molar-refractivity contribution < 1.29 is 9.26 Å². The molecule has 0 radical (unpaired) electrons. The molecule has 168 valence electrons. The second-order valence-electron chi connectivity index (χ2n) is 8.12. The summed E-state index contributed by atoms with van der Waals surface area (Å²) >= 11 is 7.35. The van der Waals surface area contributed by atoms with Crippen molar-refractivity contribution in [2.75, 3.05) is 13.2 Å². The minimum atomic E-state index is -0.164. The molecule has 32 heavy (non-hydrogen) atoms. The van der Waals surface area contributed by atoms with E-state index >= 15 is 0 Å². The van der Waals surface area contributed by atoms with Crippen molar-refractivity contribution >= 4 is 34.2 Å². The fraction of sp³-hybridized carbons (Fsp3) is 0.375. The molecule has 6 nitrogen and oxygen atoms in total. The molecule has 0 aliphatic carbocycles. The summed E-state index contributed by atoms with van der Waals surface area (Å²) in [4.78, 5) is 7.82. The monoisotopic (exact) mass is 468 g/mol. The van der Waals surface area contributed by atoms with Gasteiger partial charge in [0.15, 0.2) is 5.11 Å². The summed E-state index contributed by atoms with van der Waals surface area (Å²) in [6, 6.07) is 12.3. The highest BCUT2D eigenvalue weighted by Crippen LogP contribution is 2.37. The third-order valence-electron chi connectivity index (χ3n) is 5.38. The van der Waals surface area contributed by atoms with Gasteiger partial charge in [0, 0.05) is 18.8 Å². The van der Waals surface area contributed by atoms with Gasteiger partial charge in [0.1, 0.15) is 0 Å². The third-order valence-corrected chi connectivity index (χ3v) is 6.59. The van der Waals surface area contributed by atoms with Crippen LogP contribution in [-0.4, -0.2) is 39.4 Å². The van der Waals surface area contributed by atoms with Crippen LogP contribution in [0, 0.1) is 6.92 Å². The van der Waals surface area contributed by atoms with Gasteiger partial charge in [-0.05, 0) is 63.3 Å². The van der Waals surface area contributed by atoms with Crippen LogP contribution >= 0.6 is 23.6 Å². The molecular formula is C24H28N4O2S2. The molecule has 0 fully saturated rings. The molecule has 1 unspecified atom stereocenters.